The second-order valence-electron chi connectivity index (χ2n) is 5.10. The summed E-state index contributed by atoms with van der Waals surface area (Å²) in [6.45, 7) is 9.97. The van der Waals surface area contributed by atoms with Crippen LogP contribution < -0.4 is 10.6 Å². The Morgan fingerprint density at radius 2 is 2.00 bits per heavy atom. The first-order chi connectivity index (χ1) is 8.16. The van der Waals surface area contributed by atoms with Gasteiger partial charge in [-0.15, -0.1) is 0 Å². The van der Waals surface area contributed by atoms with Crippen LogP contribution in [0.1, 0.15) is 13.8 Å². The number of anilines is 2. The third kappa shape index (κ3) is 3.09. The van der Waals surface area contributed by atoms with Crippen molar-refractivity contribution in [3.05, 3.63) is 18.3 Å². The molecule has 0 saturated carbocycles. The van der Waals surface area contributed by atoms with Crippen LogP contribution in [-0.4, -0.2) is 42.6 Å². The molecule has 4 heteroatoms. The first-order valence-corrected chi connectivity index (χ1v) is 6.34. The van der Waals surface area contributed by atoms with E-state index in [-0.39, 0.29) is 0 Å². The van der Waals surface area contributed by atoms with Gasteiger partial charge in [0, 0.05) is 38.9 Å². The van der Waals surface area contributed by atoms with Crippen LogP contribution in [0.25, 0.3) is 0 Å². The largest absolute Gasteiger partial charge is 0.396 e. The highest BCUT2D eigenvalue weighted by atomic mass is 15.3. The molecular formula is C13H22N4. The zero-order valence-corrected chi connectivity index (χ0v) is 10.8. The molecule has 1 aliphatic rings. The lowest BCUT2D eigenvalue weighted by Gasteiger charge is -2.36. The molecule has 1 fully saturated rings. The monoisotopic (exact) mass is 234 g/mol. The highest BCUT2D eigenvalue weighted by Crippen LogP contribution is 2.20. The Hall–Kier alpha value is -1.29. The number of hydrogen-bond acceptors (Lipinski definition) is 4. The summed E-state index contributed by atoms with van der Waals surface area (Å²) in [7, 11) is 0. The molecule has 94 valence electrons. The second kappa shape index (κ2) is 5.36. The van der Waals surface area contributed by atoms with E-state index in [9.17, 15) is 0 Å². The Balaban J connectivity index is 1.93. The van der Waals surface area contributed by atoms with Crippen molar-refractivity contribution in [2.75, 3.05) is 43.4 Å². The Morgan fingerprint density at radius 3 is 2.59 bits per heavy atom. The van der Waals surface area contributed by atoms with Gasteiger partial charge in [-0.1, -0.05) is 13.8 Å². The molecule has 0 unspecified atom stereocenters. The summed E-state index contributed by atoms with van der Waals surface area (Å²) >= 11 is 0. The van der Waals surface area contributed by atoms with Crippen molar-refractivity contribution in [3.8, 4) is 0 Å². The number of nitrogens with zero attached hydrogens (tertiary/aromatic N) is 3. The number of nitrogen functional groups attached to an aromatic ring is 1. The number of rotatable bonds is 3. The van der Waals surface area contributed by atoms with E-state index in [1.165, 1.54) is 6.54 Å². The van der Waals surface area contributed by atoms with Gasteiger partial charge in [0.15, 0.2) is 5.82 Å². The average molecular weight is 234 g/mol. The highest BCUT2D eigenvalue weighted by molar-refractivity contribution is 5.62. The maximum absolute atomic E-state index is 5.95. The minimum absolute atomic E-state index is 0.737. The van der Waals surface area contributed by atoms with Crippen LogP contribution in [0.15, 0.2) is 18.3 Å². The number of nitrogens with two attached hydrogens (primary N) is 1. The van der Waals surface area contributed by atoms with Gasteiger partial charge in [0.2, 0.25) is 0 Å². The third-order valence-electron chi connectivity index (χ3n) is 3.11. The van der Waals surface area contributed by atoms with E-state index in [1.54, 1.807) is 0 Å². The van der Waals surface area contributed by atoms with Crippen molar-refractivity contribution in [1.82, 2.24) is 9.88 Å². The molecule has 2 rings (SSSR count). The van der Waals surface area contributed by atoms with Gasteiger partial charge in [-0.3, -0.25) is 4.90 Å². The molecule has 0 radical (unpaired) electrons. The fourth-order valence-electron chi connectivity index (χ4n) is 2.33. The average Bonchev–Trinajstić information content (AvgIpc) is 2.30. The van der Waals surface area contributed by atoms with E-state index in [0.29, 0.717) is 0 Å². The normalized spacial score (nSPS) is 17.7. The van der Waals surface area contributed by atoms with Gasteiger partial charge >= 0.3 is 0 Å². The Kier molecular flexibility index (Phi) is 3.84. The minimum Gasteiger partial charge on any atom is -0.396 e. The van der Waals surface area contributed by atoms with Gasteiger partial charge in [-0.25, -0.2) is 4.98 Å². The van der Waals surface area contributed by atoms with Gasteiger partial charge in [0.05, 0.1) is 5.69 Å². The molecular weight excluding hydrogens is 212 g/mol. The number of piperazine rings is 1. The smallest absolute Gasteiger partial charge is 0.151 e. The first-order valence-electron chi connectivity index (χ1n) is 6.34. The maximum Gasteiger partial charge on any atom is 0.151 e. The fraction of sp³-hybridized carbons (Fsp3) is 0.615. The van der Waals surface area contributed by atoms with Crippen LogP contribution >= 0.6 is 0 Å². The molecule has 0 spiro atoms. The molecule has 2 N–H and O–H groups in total. The van der Waals surface area contributed by atoms with E-state index >= 15 is 0 Å². The lowest BCUT2D eigenvalue weighted by atomic mass is 10.2. The molecule has 4 nitrogen and oxygen atoms in total. The predicted octanol–water partition coefficient (Wildman–Crippen LogP) is 1.44. The van der Waals surface area contributed by atoms with E-state index < -0.39 is 0 Å². The fourth-order valence-corrected chi connectivity index (χ4v) is 2.33. The maximum atomic E-state index is 5.95. The molecule has 1 saturated heterocycles. The predicted molar refractivity (Wildman–Crippen MR) is 72.1 cm³/mol. The first kappa shape index (κ1) is 12.2. The summed E-state index contributed by atoms with van der Waals surface area (Å²) in [4.78, 5) is 9.17. The molecule has 0 bridgehead atoms. The summed E-state index contributed by atoms with van der Waals surface area (Å²) in [6.07, 6.45) is 1.81. The van der Waals surface area contributed by atoms with Crippen LogP contribution in [0.5, 0.6) is 0 Å². The van der Waals surface area contributed by atoms with E-state index in [4.69, 9.17) is 5.73 Å². The molecule has 0 atom stereocenters. The number of pyridine rings is 1. The standard InChI is InChI=1S/C13H22N4/c1-11(2)10-16-6-8-17(9-7-16)13-12(14)4-3-5-15-13/h3-5,11H,6-10,14H2,1-2H3. The lowest BCUT2D eigenvalue weighted by Crippen LogP contribution is -2.47. The molecule has 1 aromatic rings. The van der Waals surface area contributed by atoms with Gasteiger partial charge in [-0.2, -0.15) is 0 Å². The van der Waals surface area contributed by atoms with E-state index in [1.807, 2.05) is 18.3 Å². The topological polar surface area (TPSA) is 45.4 Å². The summed E-state index contributed by atoms with van der Waals surface area (Å²) in [5, 5.41) is 0. The quantitative estimate of drug-likeness (QED) is 0.859. The third-order valence-corrected chi connectivity index (χ3v) is 3.11. The SMILES string of the molecule is CC(C)CN1CCN(c2ncccc2N)CC1. The zero-order valence-electron chi connectivity index (χ0n) is 10.8. The summed E-state index contributed by atoms with van der Waals surface area (Å²) in [6, 6.07) is 3.80. The number of aromatic nitrogens is 1. The van der Waals surface area contributed by atoms with Crippen LogP contribution in [0, 0.1) is 5.92 Å². The van der Waals surface area contributed by atoms with E-state index in [2.05, 4.69) is 28.6 Å². The van der Waals surface area contributed by atoms with Gasteiger partial charge < -0.3 is 10.6 Å². The van der Waals surface area contributed by atoms with Crippen LogP contribution in [0.2, 0.25) is 0 Å². The molecule has 0 aromatic carbocycles. The van der Waals surface area contributed by atoms with Gasteiger partial charge in [0.1, 0.15) is 0 Å². The summed E-state index contributed by atoms with van der Waals surface area (Å²) in [5.74, 6) is 1.68. The Labute approximate surface area is 103 Å². The number of hydrogen-bond donors (Lipinski definition) is 1. The lowest BCUT2D eigenvalue weighted by molar-refractivity contribution is 0.231. The Bertz CT molecular complexity index is 356. The zero-order chi connectivity index (χ0) is 12.3. The van der Waals surface area contributed by atoms with Crippen LogP contribution in [0.3, 0.4) is 0 Å². The van der Waals surface area contributed by atoms with Crippen molar-refractivity contribution in [2.24, 2.45) is 5.92 Å². The van der Waals surface area contributed by atoms with Crippen LogP contribution in [0.4, 0.5) is 11.5 Å². The molecule has 17 heavy (non-hydrogen) atoms. The van der Waals surface area contributed by atoms with Crippen molar-refractivity contribution in [2.45, 2.75) is 13.8 Å². The molecule has 2 heterocycles. The van der Waals surface area contributed by atoms with Gasteiger partial charge in [0.25, 0.3) is 0 Å². The molecule has 1 aliphatic heterocycles. The van der Waals surface area contributed by atoms with Gasteiger partial charge in [-0.05, 0) is 18.1 Å². The van der Waals surface area contributed by atoms with Crippen molar-refractivity contribution in [3.63, 3.8) is 0 Å². The summed E-state index contributed by atoms with van der Waals surface area (Å²) < 4.78 is 0. The second-order valence-corrected chi connectivity index (χ2v) is 5.10. The van der Waals surface area contributed by atoms with E-state index in [0.717, 1.165) is 43.6 Å². The van der Waals surface area contributed by atoms with Crippen molar-refractivity contribution < 1.29 is 0 Å². The Morgan fingerprint density at radius 1 is 1.29 bits per heavy atom. The minimum atomic E-state index is 0.737. The van der Waals surface area contributed by atoms with Crippen LogP contribution in [-0.2, 0) is 0 Å². The molecule has 1 aromatic heterocycles. The summed E-state index contributed by atoms with van der Waals surface area (Å²) in [5.41, 5.74) is 6.73. The molecule has 0 aliphatic carbocycles. The highest BCUT2D eigenvalue weighted by Gasteiger charge is 2.19. The molecule has 0 amide bonds. The van der Waals surface area contributed by atoms with Crippen molar-refractivity contribution in [1.29, 1.82) is 0 Å². The van der Waals surface area contributed by atoms with Crippen molar-refractivity contribution >= 4 is 11.5 Å².